The summed E-state index contributed by atoms with van der Waals surface area (Å²) in [6, 6.07) is 4.95. The summed E-state index contributed by atoms with van der Waals surface area (Å²) in [6.45, 7) is 0.919. The number of carbonyl (C=O) groups is 1. The molecule has 0 unspecified atom stereocenters. The average molecular weight is 299 g/mol. The highest BCUT2D eigenvalue weighted by atomic mass is 16.2. The normalized spacial score (nSPS) is 25.6. The lowest BCUT2D eigenvalue weighted by Gasteiger charge is -2.29. The molecule has 22 heavy (non-hydrogen) atoms. The molecule has 4 nitrogen and oxygen atoms in total. The molecule has 1 N–H and O–H groups in total. The van der Waals surface area contributed by atoms with Crippen LogP contribution in [0.5, 0.6) is 0 Å². The van der Waals surface area contributed by atoms with Crippen LogP contribution in [0.4, 0.5) is 5.82 Å². The minimum atomic E-state index is 0.180. The van der Waals surface area contributed by atoms with E-state index in [2.05, 4.69) is 15.2 Å². The maximum Gasteiger partial charge on any atom is 0.255 e. The minimum absolute atomic E-state index is 0.180. The highest BCUT2D eigenvalue weighted by Crippen LogP contribution is 2.36. The van der Waals surface area contributed by atoms with Crippen LogP contribution in [0.1, 0.15) is 61.7 Å². The number of nitrogens with one attached hydrogen (secondary N) is 1. The molecule has 3 fully saturated rings. The molecule has 0 spiro atoms. The van der Waals surface area contributed by atoms with Crippen molar-refractivity contribution in [3.8, 4) is 0 Å². The summed E-state index contributed by atoms with van der Waals surface area (Å²) in [4.78, 5) is 19.4. The third-order valence-electron chi connectivity index (χ3n) is 5.44. The van der Waals surface area contributed by atoms with Crippen molar-refractivity contribution in [2.75, 3.05) is 11.9 Å². The molecule has 2 heterocycles. The van der Waals surface area contributed by atoms with Gasteiger partial charge in [0.2, 0.25) is 0 Å². The first kappa shape index (κ1) is 14.0. The summed E-state index contributed by atoms with van der Waals surface area (Å²) < 4.78 is 0. The van der Waals surface area contributed by atoms with Crippen molar-refractivity contribution in [3.05, 3.63) is 23.9 Å². The first-order valence-corrected chi connectivity index (χ1v) is 8.85. The number of hydrogen-bond donors (Lipinski definition) is 1. The smallest absolute Gasteiger partial charge is 0.255 e. The SMILES string of the molecule is O=C(c1ccc(NC2CC2)nc1)N1CCC[C@H]1C1CCCC1. The Labute approximate surface area is 132 Å². The molecule has 3 aliphatic rings. The summed E-state index contributed by atoms with van der Waals surface area (Å²) >= 11 is 0. The van der Waals surface area contributed by atoms with Gasteiger partial charge in [-0.2, -0.15) is 0 Å². The van der Waals surface area contributed by atoms with Crippen LogP contribution < -0.4 is 5.32 Å². The Balaban J connectivity index is 1.45. The number of amides is 1. The maximum absolute atomic E-state index is 12.8. The van der Waals surface area contributed by atoms with E-state index in [0.29, 0.717) is 12.1 Å². The number of likely N-dealkylation sites (tertiary alicyclic amines) is 1. The Hall–Kier alpha value is -1.58. The summed E-state index contributed by atoms with van der Waals surface area (Å²) in [7, 11) is 0. The van der Waals surface area contributed by atoms with Gasteiger partial charge in [0.05, 0.1) is 5.56 Å². The number of pyridine rings is 1. The van der Waals surface area contributed by atoms with Gasteiger partial charge >= 0.3 is 0 Å². The van der Waals surface area contributed by atoms with Crippen LogP contribution in [0.2, 0.25) is 0 Å². The van der Waals surface area contributed by atoms with Crippen LogP contribution >= 0.6 is 0 Å². The Morgan fingerprint density at radius 3 is 2.59 bits per heavy atom. The largest absolute Gasteiger partial charge is 0.367 e. The molecule has 1 saturated heterocycles. The Bertz CT molecular complexity index is 532. The molecule has 1 aromatic rings. The molecule has 0 aromatic carbocycles. The predicted molar refractivity (Wildman–Crippen MR) is 86.9 cm³/mol. The highest BCUT2D eigenvalue weighted by Gasteiger charge is 2.36. The van der Waals surface area contributed by atoms with Crippen LogP contribution in [-0.2, 0) is 0 Å². The van der Waals surface area contributed by atoms with E-state index < -0.39 is 0 Å². The highest BCUT2D eigenvalue weighted by molar-refractivity contribution is 5.94. The molecule has 1 aromatic heterocycles. The van der Waals surface area contributed by atoms with Crippen molar-refractivity contribution >= 4 is 11.7 Å². The molecule has 4 heteroatoms. The number of aromatic nitrogens is 1. The molecule has 4 rings (SSSR count). The van der Waals surface area contributed by atoms with Crippen LogP contribution in [0, 0.1) is 5.92 Å². The van der Waals surface area contributed by atoms with Gasteiger partial charge in [0, 0.05) is 24.8 Å². The summed E-state index contributed by atoms with van der Waals surface area (Å²) in [6.07, 6.45) is 11.8. The average Bonchev–Trinajstić information content (AvgIpc) is 3.05. The van der Waals surface area contributed by atoms with Gasteiger partial charge in [-0.3, -0.25) is 4.79 Å². The van der Waals surface area contributed by atoms with Crippen molar-refractivity contribution in [2.24, 2.45) is 5.92 Å². The molecule has 1 amide bonds. The molecule has 0 bridgehead atoms. The Kier molecular flexibility index (Phi) is 3.77. The van der Waals surface area contributed by atoms with E-state index in [-0.39, 0.29) is 5.91 Å². The second-order valence-electron chi connectivity index (χ2n) is 7.10. The third kappa shape index (κ3) is 2.83. The van der Waals surface area contributed by atoms with Gasteiger partial charge < -0.3 is 10.2 Å². The standard InChI is InChI=1S/C18H25N3O/c22-18(14-7-10-17(19-12-14)20-15-8-9-15)21-11-3-6-16(21)13-4-1-2-5-13/h7,10,12-13,15-16H,1-6,8-9,11H2,(H,19,20)/t16-/m0/s1. The van der Waals surface area contributed by atoms with Crippen molar-refractivity contribution in [1.29, 1.82) is 0 Å². The number of nitrogens with zero attached hydrogens (tertiary/aromatic N) is 2. The first-order valence-electron chi connectivity index (χ1n) is 8.85. The van der Waals surface area contributed by atoms with Crippen LogP contribution in [0.3, 0.4) is 0 Å². The fourth-order valence-electron chi connectivity index (χ4n) is 4.09. The summed E-state index contributed by atoms with van der Waals surface area (Å²) in [5, 5.41) is 3.37. The zero-order valence-corrected chi connectivity index (χ0v) is 13.1. The van der Waals surface area contributed by atoms with E-state index in [1.54, 1.807) is 6.20 Å². The molecular weight excluding hydrogens is 274 g/mol. The monoisotopic (exact) mass is 299 g/mol. The van der Waals surface area contributed by atoms with Crippen LogP contribution in [0.15, 0.2) is 18.3 Å². The van der Waals surface area contributed by atoms with E-state index in [9.17, 15) is 4.79 Å². The van der Waals surface area contributed by atoms with Gasteiger partial charge in [-0.05, 0) is 56.6 Å². The van der Waals surface area contributed by atoms with E-state index in [4.69, 9.17) is 0 Å². The van der Waals surface area contributed by atoms with Gasteiger partial charge in [0.1, 0.15) is 5.82 Å². The van der Waals surface area contributed by atoms with Crippen LogP contribution in [0.25, 0.3) is 0 Å². The van der Waals surface area contributed by atoms with Crippen molar-refractivity contribution < 1.29 is 4.79 Å². The molecule has 118 valence electrons. The van der Waals surface area contributed by atoms with E-state index >= 15 is 0 Å². The lowest BCUT2D eigenvalue weighted by Crippen LogP contribution is -2.39. The number of carbonyl (C=O) groups excluding carboxylic acids is 1. The number of rotatable bonds is 4. The fourth-order valence-corrected chi connectivity index (χ4v) is 4.09. The lowest BCUT2D eigenvalue weighted by molar-refractivity contribution is 0.0688. The molecule has 2 aliphatic carbocycles. The van der Waals surface area contributed by atoms with E-state index in [0.717, 1.165) is 30.3 Å². The topological polar surface area (TPSA) is 45.2 Å². The Morgan fingerprint density at radius 2 is 1.91 bits per heavy atom. The molecule has 1 aliphatic heterocycles. The summed E-state index contributed by atoms with van der Waals surface area (Å²) in [5.41, 5.74) is 0.742. The second kappa shape index (κ2) is 5.90. The van der Waals surface area contributed by atoms with Crippen molar-refractivity contribution in [3.63, 3.8) is 0 Å². The molecule has 0 radical (unpaired) electrons. The maximum atomic E-state index is 12.8. The second-order valence-corrected chi connectivity index (χ2v) is 7.10. The zero-order chi connectivity index (χ0) is 14.9. The summed E-state index contributed by atoms with van der Waals surface area (Å²) in [5.74, 6) is 1.81. The zero-order valence-electron chi connectivity index (χ0n) is 13.1. The van der Waals surface area contributed by atoms with Gasteiger partial charge in [-0.1, -0.05) is 12.8 Å². The van der Waals surface area contributed by atoms with Crippen molar-refractivity contribution in [1.82, 2.24) is 9.88 Å². The number of anilines is 1. The molecule has 1 atom stereocenters. The van der Waals surface area contributed by atoms with Crippen molar-refractivity contribution in [2.45, 2.75) is 63.5 Å². The van der Waals surface area contributed by atoms with E-state index in [1.807, 2.05) is 12.1 Å². The molecular formula is C18H25N3O. The molecule has 2 saturated carbocycles. The van der Waals surface area contributed by atoms with Gasteiger partial charge in [0.25, 0.3) is 5.91 Å². The lowest BCUT2D eigenvalue weighted by atomic mass is 9.95. The Morgan fingerprint density at radius 1 is 1.09 bits per heavy atom. The minimum Gasteiger partial charge on any atom is -0.367 e. The number of hydrogen-bond acceptors (Lipinski definition) is 3. The van der Waals surface area contributed by atoms with E-state index in [1.165, 1.54) is 44.9 Å². The van der Waals surface area contributed by atoms with Crippen LogP contribution in [-0.4, -0.2) is 34.4 Å². The third-order valence-corrected chi connectivity index (χ3v) is 5.44. The first-order chi connectivity index (χ1) is 10.8. The van der Waals surface area contributed by atoms with Gasteiger partial charge in [-0.15, -0.1) is 0 Å². The van der Waals surface area contributed by atoms with Gasteiger partial charge in [-0.25, -0.2) is 4.98 Å². The predicted octanol–water partition coefficient (Wildman–Crippen LogP) is 3.45. The fraction of sp³-hybridized carbons (Fsp3) is 0.667. The van der Waals surface area contributed by atoms with Gasteiger partial charge in [0.15, 0.2) is 0 Å². The quantitative estimate of drug-likeness (QED) is 0.926.